The summed E-state index contributed by atoms with van der Waals surface area (Å²) in [6.45, 7) is 9.03. The van der Waals surface area contributed by atoms with Crippen LogP contribution in [0.4, 0.5) is 5.69 Å². The van der Waals surface area contributed by atoms with E-state index in [-0.39, 0.29) is 33.6 Å². The van der Waals surface area contributed by atoms with Crippen LogP contribution in [0.1, 0.15) is 82.7 Å². The Morgan fingerprint density at radius 2 is 1.16 bits per heavy atom. The molecule has 4 rings (SSSR count). The number of carboxylic acids is 2. The number of benzene rings is 3. The van der Waals surface area contributed by atoms with Crippen molar-refractivity contribution in [3.8, 4) is 11.5 Å². The lowest BCUT2D eigenvalue weighted by Crippen LogP contribution is -2.33. The molecule has 5 N–H and O–H groups in total. The molecule has 0 aliphatic heterocycles. The summed E-state index contributed by atoms with van der Waals surface area (Å²) in [7, 11) is 0. The third-order valence-electron chi connectivity index (χ3n) is 6.73. The summed E-state index contributed by atoms with van der Waals surface area (Å²) < 4.78 is 0. The Balaban J connectivity index is 0.000000289. The monoisotopic (exact) mass is 505 g/mol. The third kappa shape index (κ3) is 6.27. The van der Waals surface area contributed by atoms with Crippen molar-refractivity contribution in [2.24, 2.45) is 0 Å². The molecule has 0 atom stereocenters. The van der Waals surface area contributed by atoms with Crippen LogP contribution < -0.4 is 5.32 Å². The number of fused-ring (bicyclic) bond motifs is 1. The number of phenols is 2. The lowest BCUT2D eigenvalue weighted by atomic mass is 9.63. The predicted octanol–water partition coefficient (Wildman–Crippen LogP) is 5.78. The van der Waals surface area contributed by atoms with E-state index in [4.69, 9.17) is 20.4 Å². The molecule has 0 bridgehead atoms. The molecule has 1 aliphatic carbocycles. The maximum Gasteiger partial charge on any atom is 0.335 e. The van der Waals surface area contributed by atoms with Crippen LogP contribution in [0.25, 0.3) is 0 Å². The summed E-state index contributed by atoms with van der Waals surface area (Å²) in [5.74, 6) is -3.13. The molecular weight excluding hydrogens is 474 g/mol. The molecule has 8 heteroatoms. The van der Waals surface area contributed by atoms with E-state index in [1.165, 1.54) is 41.5 Å². The van der Waals surface area contributed by atoms with Gasteiger partial charge in [0.2, 0.25) is 0 Å². The van der Waals surface area contributed by atoms with Crippen LogP contribution in [0.3, 0.4) is 0 Å². The number of nitrogens with one attached hydrogen (secondary N) is 1. The molecule has 0 heterocycles. The first-order valence-corrected chi connectivity index (χ1v) is 11.8. The number of phenolic OH excluding ortho intramolecular Hbond substituents is 2. The third-order valence-corrected chi connectivity index (χ3v) is 6.73. The van der Waals surface area contributed by atoms with Gasteiger partial charge in [-0.05, 0) is 89.4 Å². The highest BCUT2D eigenvalue weighted by Gasteiger charge is 2.37. The van der Waals surface area contributed by atoms with Crippen LogP contribution >= 0.6 is 0 Å². The van der Waals surface area contributed by atoms with Gasteiger partial charge in [-0.25, -0.2) is 9.59 Å². The van der Waals surface area contributed by atoms with Crippen molar-refractivity contribution in [2.45, 2.75) is 51.4 Å². The van der Waals surface area contributed by atoms with Crippen molar-refractivity contribution in [3.63, 3.8) is 0 Å². The van der Waals surface area contributed by atoms with Gasteiger partial charge in [-0.3, -0.25) is 4.79 Å². The van der Waals surface area contributed by atoms with Crippen LogP contribution in [0.5, 0.6) is 11.5 Å². The van der Waals surface area contributed by atoms with E-state index in [1.807, 2.05) is 6.07 Å². The number of hydrogen-bond acceptors (Lipinski definition) is 5. The van der Waals surface area contributed by atoms with Crippen LogP contribution in [0, 0.1) is 0 Å². The lowest BCUT2D eigenvalue weighted by Gasteiger charge is -2.42. The van der Waals surface area contributed by atoms with Crippen molar-refractivity contribution in [2.75, 3.05) is 5.32 Å². The molecule has 0 fully saturated rings. The fourth-order valence-electron chi connectivity index (χ4n) is 4.29. The smallest absolute Gasteiger partial charge is 0.335 e. The Morgan fingerprint density at radius 1 is 0.649 bits per heavy atom. The Kier molecular flexibility index (Phi) is 7.62. The Labute approximate surface area is 215 Å². The van der Waals surface area contributed by atoms with E-state index in [0.717, 1.165) is 30.7 Å². The summed E-state index contributed by atoms with van der Waals surface area (Å²) >= 11 is 0. The Hall–Kier alpha value is -4.33. The van der Waals surface area contributed by atoms with Crippen molar-refractivity contribution in [1.29, 1.82) is 0 Å². The number of hydrogen-bond donors (Lipinski definition) is 5. The second-order valence-corrected chi connectivity index (χ2v) is 10.4. The fraction of sp³-hybridized carbons (Fsp3) is 0.276. The first-order chi connectivity index (χ1) is 17.2. The molecule has 194 valence electrons. The highest BCUT2D eigenvalue weighted by Crippen LogP contribution is 2.46. The topological polar surface area (TPSA) is 144 Å². The summed E-state index contributed by atoms with van der Waals surface area (Å²) in [5.41, 5.74) is 4.16. The van der Waals surface area contributed by atoms with Crippen LogP contribution in [0.2, 0.25) is 0 Å². The molecule has 1 aliphatic rings. The number of carbonyl (C=O) groups is 3. The first-order valence-electron chi connectivity index (χ1n) is 11.8. The molecular formula is C29H31NO7. The summed E-state index contributed by atoms with van der Waals surface area (Å²) in [5, 5.41) is 37.9. The van der Waals surface area contributed by atoms with Crippen LogP contribution in [-0.4, -0.2) is 38.3 Å². The average molecular weight is 506 g/mol. The maximum absolute atomic E-state index is 12.5. The van der Waals surface area contributed by atoms with Crippen LogP contribution in [0.15, 0.2) is 60.7 Å². The van der Waals surface area contributed by atoms with E-state index in [2.05, 4.69) is 45.1 Å². The largest absolute Gasteiger partial charge is 0.504 e. The lowest BCUT2D eigenvalue weighted by molar-refractivity contribution is 0.0686. The maximum atomic E-state index is 12.5. The molecule has 0 saturated carbocycles. The normalized spacial score (nSPS) is 14.9. The molecule has 0 saturated heterocycles. The Bertz CT molecular complexity index is 1340. The van der Waals surface area contributed by atoms with Gasteiger partial charge in [0.1, 0.15) is 0 Å². The zero-order chi connectivity index (χ0) is 27.5. The Morgan fingerprint density at radius 3 is 1.70 bits per heavy atom. The van der Waals surface area contributed by atoms with E-state index in [0.29, 0.717) is 5.56 Å². The summed E-state index contributed by atoms with van der Waals surface area (Å²) in [6, 6.07) is 15.4. The molecule has 1 amide bonds. The molecule has 0 unspecified atom stereocenters. The summed E-state index contributed by atoms with van der Waals surface area (Å²) in [6.07, 6.45) is 2.26. The number of carbonyl (C=O) groups excluding carboxylic acids is 1. The van der Waals surface area contributed by atoms with Crippen molar-refractivity contribution < 1.29 is 34.8 Å². The number of carboxylic acid groups (broad SMARTS) is 2. The van der Waals surface area contributed by atoms with Gasteiger partial charge in [0.25, 0.3) is 5.91 Å². The van der Waals surface area contributed by atoms with E-state index in [9.17, 15) is 14.4 Å². The van der Waals surface area contributed by atoms with Gasteiger partial charge < -0.3 is 25.7 Å². The van der Waals surface area contributed by atoms with Gasteiger partial charge in [-0.15, -0.1) is 0 Å². The van der Waals surface area contributed by atoms with Crippen molar-refractivity contribution in [1.82, 2.24) is 0 Å². The van der Waals surface area contributed by atoms with Gasteiger partial charge in [0, 0.05) is 11.3 Å². The van der Waals surface area contributed by atoms with Crippen LogP contribution in [-0.2, 0) is 10.8 Å². The number of amides is 1. The van der Waals surface area contributed by atoms with Gasteiger partial charge in [0.15, 0.2) is 11.5 Å². The molecule has 0 radical (unpaired) electrons. The van der Waals surface area contributed by atoms with Gasteiger partial charge >= 0.3 is 11.9 Å². The minimum absolute atomic E-state index is 0.0553. The number of rotatable bonds is 4. The van der Waals surface area contributed by atoms with E-state index in [1.54, 1.807) is 0 Å². The quantitative estimate of drug-likeness (QED) is 0.283. The SMILES string of the molecule is CC1(C)CCC(C)(C)c2cc(NC(=O)c3ccc(C(=O)O)cc3)ccc21.O=C(O)c1ccc(O)c(O)c1. The molecule has 0 spiro atoms. The molecule has 0 aromatic heterocycles. The second-order valence-electron chi connectivity index (χ2n) is 10.4. The number of aromatic carboxylic acids is 2. The molecule has 8 nitrogen and oxygen atoms in total. The van der Waals surface area contributed by atoms with Crippen molar-refractivity contribution in [3.05, 3.63) is 88.5 Å². The highest BCUT2D eigenvalue weighted by atomic mass is 16.4. The first kappa shape index (κ1) is 27.3. The molecule has 3 aromatic rings. The van der Waals surface area contributed by atoms with Gasteiger partial charge in [0.05, 0.1) is 11.1 Å². The fourth-order valence-corrected chi connectivity index (χ4v) is 4.29. The van der Waals surface area contributed by atoms with E-state index < -0.39 is 17.7 Å². The van der Waals surface area contributed by atoms with Gasteiger partial charge in [-0.1, -0.05) is 33.8 Å². The highest BCUT2D eigenvalue weighted by molar-refractivity contribution is 6.04. The molecule has 3 aromatic carbocycles. The van der Waals surface area contributed by atoms with E-state index >= 15 is 0 Å². The second kappa shape index (κ2) is 10.3. The molecule has 37 heavy (non-hydrogen) atoms. The average Bonchev–Trinajstić information content (AvgIpc) is 2.84. The summed E-state index contributed by atoms with van der Waals surface area (Å²) in [4.78, 5) is 33.7. The number of aromatic hydroxyl groups is 2. The minimum Gasteiger partial charge on any atom is -0.504 e. The van der Waals surface area contributed by atoms with Gasteiger partial charge in [-0.2, -0.15) is 0 Å². The number of anilines is 1. The predicted molar refractivity (Wildman–Crippen MR) is 140 cm³/mol. The zero-order valence-electron chi connectivity index (χ0n) is 21.2. The standard InChI is InChI=1S/C22H25NO3.C7H6O4/c1-21(2)11-12-22(3,4)18-13-16(9-10-17(18)21)23-19(24)14-5-7-15(8-6-14)20(25)26;8-5-2-1-4(7(10)11)3-6(5)9/h5-10,13H,11-12H2,1-4H3,(H,23,24)(H,25,26);1-3,8-9H,(H,10,11). The minimum atomic E-state index is -1.14. The van der Waals surface area contributed by atoms with Crippen molar-refractivity contribution >= 4 is 23.5 Å². The zero-order valence-corrected chi connectivity index (χ0v) is 21.2.